The summed E-state index contributed by atoms with van der Waals surface area (Å²) in [7, 11) is 0. The molecule has 0 amide bonds. The van der Waals surface area contributed by atoms with Crippen LogP contribution in [0.4, 0.5) is 0 Å². The highest BCUT2D eigenvalue weighted by Crippen LogP contribution is 2.15. The van der Waals surface area contributed by atoms with Crippen molar-refractivity contribution >= 4 is 6.29 Å². The largest absolute Gasteiger partial charge is 0.489 e. The third-order valence-corrected chi connectivity index (χ3v) is 1.57. The molecule has 3 nitrogen and oxygen atoms in total. The van der Waals surface area contributed by atoms with Crippen molar-refractivity contribution < 1.29 is 9.53 Å². The zero-order chi connectivity index (χ0) is 10.2. The van der Waals surface area contributed by atoms with Gasteiger partial charge in [-0.3, -0.25) is 4.79 Å². The SMILES string of the molecule is N#C/C=C/COc1ccccc1C=O. The molecule has 14 heavy (non-hydrogen) atoms. The molecule has 0 atom stereocenters. The number of carbonyl (C=O) groups excluding carboxylic acids is 1. The first-order valence-electron chi connectivity index (χ1n) is 4.10. The second-order valence-electron chi connectivity index (χ2n) is 2.50. The van der Waals surface area contributed by atoms with E-state index in [1.807, 2.05) is 6.07 Å². The van der Waals surface area contributed by atoms with Crippen LogP contribution in [0.25, 0.3) is 0 Å². The van der Waals surface area contributed by atoms with Crippen LogP contribution >= 0.6 is 0 Å². The average Bonchev–Trinajstić information content (AvgIpc) is 2.25. The molecule has 0 aliphatic rings. The molecule has 0 heterocycles. The number of hydrogen-bond donors (Lipinski definition) is 0. The molecule has 0 radical (unpaired) electrons. The Kier molecular flexibility index (Phi) is 3.96. The van der Waals surface area contributed by atoms with Gasteiger partial charge in [0.2, 0.25) is 0 Å². The van der Waals surface area contributed by atoms with Gasteiger partial charge in [-0.1, -0.05) is 12.1 Å². The summed E-state index contributed by atoms with van der Waals surface area (Å²) in [4.78, 5) is 10.6. The Bertz CT molecular complexity index is 377. The standard InChI is InChI=1S/C11H9NO2/c12-7-3-4-8-14-11-6-2-1-5-10(11)9-13/h1-6,9H,8H2/b4-3+. The summed E-state index contributed by atoms with van der Waals surface area (Å²) in [6, 6.07) is 8.80. The molecule has 1 rings (SSSR count). The number of nitrogens with zero attached hydrogens (tertiary/aromatic N) is 1. The van der Waals surface area contributed by atoms with Gasteiger partial charge in [-0.05, 0) is 18.2 Å². The van der Waals surface area contributed by atoms with Gasteiger partial charge < -0.3 is 4.74 Å². The van der Waals surface area contributed by atoms with Gasteiger partial charge in [0.25, 0.3) is 0 Å². The zero-order valence-electron chi connectivity index (χ0n) is 7.51. The Morgan fingerprint density at radius 3 is 2.93 bits per heavy atom. The molecule has 0 aliphatic heterocycles. The molecule has 0 fully saturated rings. The number of aldehydes is 1. The summed E-state index contributed by atoms with van der Waals surface area (Å²) in [6.45, 7) is 0.290. The molecule has 1 aromatic carbocycles. The average molecular weight is 187 g/mol. The van der Waals surface area contributed by atoms with Crippen molar-refractivity contribution in [2.75, 3.05) is 6.61 Å². The van der Waals surface area contributed by atoms with Crippen LogP contribution in [0.1, 0.15) is 10.4 Å². The summed E-state index contributed by atoms with van der Waals surface area (Å²) in [6.07, 6.45) is 3.66. The molecule has 0 saturated carbocycles. The first kappa shape index (κ1) is 10.0. The summed E-state index contributed by atoms with van der Waals surface area (Å²) >= 11 is 0. The minimum Gasteiger partial charge on any atom is -0.489 e. The maximum absolute atomic E-state index is 10.6. The molecule has 70 valence electrons. The van der Waals surface area contributed by atoms with E-state index in [1.165, 1.54) is 6.08 Å². The summed E-state index contributed by atoms with van der Waals surface area (Å²) in [5, 5.41) is 8.22. The van der Waals surface area contributed by atoms with E-state index >= 15 is 0 Å². The van der Waals surface area contributed by atoms with Crippen molar-refractivity contribution in [3.05, 3.63) is 42.0 Å². The van der Waals surface area contributed by atoms with E-state index in [0.717, 1.165) is 6.29 Å². The van der Waals surface area contributed by atoms with Crippen LogP contribution in [0.15, 0.2) is 36.4 Å². The molecule has 0 saturated heterocycles. The Labute approximate surface area is 82.2 Å². The second kappa shape index (κ2) is 5.55. The van der Waals surface area contributed by atoms with Crippen molar-refractivity contribution in [2.24, 2.45) is 0 Å². The van der Waals surface area contributed by atoms with Gasteiger partial charge in [-0.15, -0.1) is 0 Å². The molecule has 3 heteroatoms. The van der Waals surface area contributed by atoms with Crippen LogP contribution in [0.2, 0.25) is 0 Å². The maximum Gasteiger partial charge on any atom is 0.153 e. The van der Waals surface area contributed by atoms with E-state index in [0.29, 0.717) is 17.9 Å². The van der Waals surface area contributed by atoms with Crippen LogP contribution < -0.4 is 4.74 Å². The molecule has 0 bridgehead atoms. The Balaban J connectivity index is 2.63. The minimum atomic E-state index is 0.290. The van der Waals surface area contributed by atoms with Crippen molar-refractivity contribution in [2.45, 2.75) is 0 Å². The predicted molar refractivity (Wildman–Crippen MR) is 52.1 cm³/mol. The van der Waals surface area contributed by atoms with Crippen LogP contribution in [-0.4, -0.2) is 12.9 Å². The number of hydrogen-bond acceptors (Lipinski definition) is 3. The quantitative estimate of drug-likeness (QED) is 0.534. The van der Waals surface area contributed by atoms with Gasteiger partial charge in [-0.25, -0.2) is 0 Å². The van der Waals surface area contributed by atoms with E-state index in [4.69, 9.17) is 10.00 Å². The van der Waals surface area contributed by atoms with E-state index in [9.17, 15) is 4.79 Å². The summed E-state index contributed by atoms with van der Waals surface area (Å²) in [5.41, 5.74) is 0.512. The zero-order valence-corrected chi connectivity index (χ0v) is 7.51. The molecular weight excluding hydrogens is 178 g/mol. The van der Waals surface area contributed by atoms with Crippen LogP contribution in [-0.2, 0) is 0 Å². The molecule has 0 aliphatic carbocycles. The number of rotatable bonds is 4. The fourth-order valence-corrected chi connectivity index (χ4v) is 0.948. The molecule has 0 unspecified atom stereocenters. The predicted octanol–water partition coefficient (Wildman–Crippen LogP) is 1.96. The van der Waals surface area contributed by atoms with Gasteiger partial charge >= 0.3 is 0 Å². The highest BCUT2D eigenvalue weighted by Gasteiger charge is 1.98. The monoisotopic (exact) mass is 187 g/mol. The fourth-order valence-electron chi connectivity index (χ4n) is 0.948. The Hall–Kier alpha value is -2.08. The summed E-state index contributed by atoms with van der Waals surface area (Å²) in [5.74, 6) is 0.532. The highest BCUT2D eigenvalue weighted by molar-refractivity contribution is 5.79. The first-order valence-corrected chi connectivity index (χ1v) is 4.10. The highest BCUT2D eigenvalue weighted by atomic mass is 16.5. The van der Waals surface area contributed by atoms with Crippen LogP contribution in [0.3, 0.4) is 0 Å². The third-order valence-electron chi connectivity index (χ3n) is 1.57. The summed E-state index contributed by atoms with van der Waals surface area (Å²) < 4.78 is 5.26. The second-order valence-corrected chi connectivity index (χ2v) is 2.50. The van der Waals surface area contributed by atoms with Gasteiger partial charge in [0.15, 0.2) is 6.29 Å². The van der Waals surface area contributed by atoms with Crippen molar-refractivity contribution in [3.63, 3.8) is 0 Å². The molecule has 1 aromatic rings. The number of benzene rings is 1. The first-order chi connectivity index (χ1) is 6.88. The lowest BCUT2D eigenvalue weighted by molar-refractivity contribution is 0.112. The van der Waals surface area contributed by atoms with Crippen LogP contribution in [0.5, 0.6) is 5.75 Å². The smallest absolute Gasteiger partial charge is 0.153 e. The van der Waals surface area contributed by atoms with Crippen LogP contribution in [0, 0.1) is 11.3 Å². The van der Waals surface area contributed by atoms with Crippen molar-refractivity contribution in [1.29, 1.82) is 5.26 Å². The van der Waals surface area contributed by atoms with Crippen molar-refractivity contribution in [1.82, 2.24) is 0 Å². The minimum absolute atomic E-state index is 0.290. The number of ether oxygens (including phenoxy) is 1. The van der Waals surface area contributed by atoms with Crippen molar-refractivity contribution in [3.8, 4) is 11.8 Å². The lowest BCUT2D eigenvalue weighted by atomic mass is 10.2. The number of carbonyl (C=O) groups is 1. The van der Waals surface area contributed by atoms with E-state index in [1.54, 1.807) is 30.3 Å². The van der Waals surface area contributed by atoms with Gasteiger partial charge in [-0.2, -0.15) is 5.26 Å². The van der Waals surface area contributed by atoms with E-state index in [-0.39, 0.29) is 0 Å². The normalized spacial score (nSPS) is 9.64. The van der Waals surface area contributed by atoms with E-state index < -0.39 is 0 Å². The van der Waals surface area contributed by atoms with Gasteiger partial charge in [0.05, 0.1) is 11.6 Å². The van der Waals surface area contributed by atoms with Gasteiger partial charge in [0.1, 0.15) is 12.4 Å². The number of allylic oxidation sites excluding steroid dienone is 1. The molecule has 0 aromatic heterocycles. The topological polar surface area (TPSA) is 50.1 Å². The van der Waals surface area contributed by atoms with Gasteiger partial charge in [0, 0.05) is 6.08 Å². The Morgan fingerprint density at radius 1 is 1.43 bits per heavy atom. The van der Waals surface area contributed by atoms with E-state index in [2.05, 4.69) is 0 Å². The Morgan fingerprint density at radius 2 is 2.21 bits per heavy atom. The molecule has 0 N–H and O–H groups in total. The third kappa shape index (κ3) is 2.76. The lowest BCUT2D eigenvalue weighted by Gasteiger charge is -2.04. The number of nitriles is 1. The molecular formula is C11H9NO2. The lowest BCUT2D eigenvalue weighted by Crippen LogP contribution is -1.96. The number of para-hydroxylation sites is 1. The maximum atomic E-state index is 10.6. The fraction of sp³-hybridized carbons (Fsp3) is 0.0909. The molecule has 0 spiro atoms.